The molecule has 8 heteroatoms. The summed E-state index contributed by atoms with van der Waals surface area (Å²) in [5, 5.41) is 8.25. The van der Waals surface area contributed by atoms with Gasteiger partial charge in [-0.1, -0.05) is 6.07 Å². The number of thiocarbonyl (C=S) groups is 1. The summed E-state index contributed by atoms with van der Waals surface area (Å²) in [4.78, 5) is 2.00. The topological polar surface area (TPSA) is 51.5 Å². The van der Waals surface area contributed by atoms with E-state index in [0.717, 1.165) is 34.6 Å². The molecule has 1 heterocycles. The van der Waals surface area contributed by atoms with Gasteiger partial charge in [0.2, 0.25) is 0 Å². The molecule has 0 aliphatic heterocycles. The zero-order valence-corrected chi connectivity index (χ0v) is 18.7. The Morgan fingerprint density at radius 3 is 2.59 bits per heavy atom. The van der Waals surface area contributed by atoms with Gasteiger partial charge in [-0.15, -0.1) is 0 Å². The highest BCUT2D eigenvalue weighted by Gasteiger charge is 2.11. The van der Waals surface area contributed by atoms with Gasteiger partial charge in [-0.2, -0.15) is 5.10 Å². The molecule has 0 aliphatic carbocycles. The zero-order valence-electron chi connectivity index (χ0n) is 16.3. The molecule has 0 spiro atoms. The van der Waals surface area contributed by atoms with Crippen LogP contribution in [0.25, 0.3) is 0 Å². The summed E-state index contributed by atoms with van der Waals surface area (Å²) in [6.07, 6.45) is 2.64. The number of hydrogen-bond acceptors (Lipinski definition) is 4. The minimum atomic E-state index is 0.611. The van der Waals surface area contributed by atoms with E-state index in [1.807, 2.05) is 49.7 Å². The van der Waals surface area contributed by atoms with Crippen LogP contribution in [0.2, 0.25) is 0 Å². The molecule has 1 aromatic carbocycles. The van der Waals surface area contributed by atoms with Crippen molar-refractivity contribution >= 4 is 33.3 Å². The lowest BCUT2D eigenvalue weighted by Crippen LogP contribution is -2.38. The second-order valence-corrected chi connectivity index (χ2v) is 7.29. The average Bonchev–Trinajstić information content (AvgIpc) is 2.96. The molecule has 2 aromatic rings. The largest absolute Gasteiger partial charge is 0.490 e. The fourth-order valence-corrected chi connectivity index (χ4v) is 3.25. The maximum atomic E-state index is 5.68. The Labute approximate surface area is 175 Å². The number of benzene rings is 1. The molecule has 1 N–H and O–H groups in total. The maximum absolute atomic E-state index is 5.68. The molecule has 27 heavy (non-hydrogen) atoms. The highest BCUT2D eigenvalue weighted by atomic mass is 79.9. The summed E-state index contributed by atoms with van der Waals surface area (Å²) in [5.41, 5.74) is 2.25. The monoisotopic (exact) mass is 454 g/mol. The van der Waals surface area contributed by atoms with Crippen LogP contribution in [0.1, 0.15) is 25.1 Å². The summed E-state index contributed by atoms with van der Waals surface area (Å²) in [6, 6.07) is 6.07. The van der Waals surface area contributed by atoms with Crippen LogP contribution in [0.5, 0.6) is 11.5 Å². The first kappa shape index (κ1) is 21.5. The molecule has 0 unspecified atom stereocenters. The minimum Gasteiger partial charge on any atom is -0.490 e. The zero-order chi connectivity index (χ0) is 19.8. The summed E-state index contributed by atoms with van der Waals surface area (Å²) in [5.74, 6) is 1.57. The second kappa shape index (κ2) is 10.5. The number of halogens is 1. The van der Waals surface area contributed by atoms with E-state index in [9.17, 15) is 0 Å². The van der Waals surface area contributed by atoms with E-state index in [0.29, 0.717) is 24.9 Å². The predicted octanol–water partition coefficient (Wildman–Crippen LogP) is 3.53. The Hall–Kier alpha value is -1.80. The molecule has 0 amide bonds. The third-order valence-corrected chi connectivity index (χ3v) is 5.16. The number of rotatable bonds is 9. The fraction of sp³-hybridized carbons (Fsp3) is 0.474. The van der Waals surface area contributed by atoms with Crippen molar-refractivity contribution < 1.29 is 9.47 Å². The number of aromatic nitrogens is 2. The molecular formula is C19H27BrN4O2S. The average molecular weight is 455 g/mol. The molecule has 0 aliphatic rings. The van der Waals surface area contributed by atoms with Crippen molar-refractivity contribution in [2.45, 2.75) is 26.8 Å². The van der Waals surface area contributed by atoms with Gasteiger partial charge in [0.25, 0.3) is 0 Å². The normalized spacial score (nSPS) is 10.6. The van der Waals surface area contributed by atoms with Crippen molar-refractivity contribution in [1.29, 1.82) is 0 Å². The lowest BCUT2D eigenvalue weighted by Gasteiger charge is -2.21. The van der Waals surface area contributed by atoms with Crippen molar-refractivity contribution in [3.8, 4) is 11.5 Å². The van der Waals surface area contributed by atoms with Crippen LogP contribution < -0.4 is 14.8 Å². The molecule has 1 aromatic heterocycles. The molecule has 0 saturated carbocycles. The van der Waals surface area contributed by atoms with Gasteiger partial charge in [0, 0.05) is 20.6 Å². The Kier molecular flexibility index (Phi) is 8.37. The molecule has 0 bridgehead atoms. The Bertz CT molecular complexity index is 747. The van der Waals surface area contributed by atoms with E-state index in [-0.39, 0.29) is 0 Å². The van der Waals surface area contributed by atoms with Crippen molar-refractivity contribution in [2.75, 3.05) is 26.8 Å². The third kappa shape index (κ3) is 6.10. The highest BCUT2D eigenvalue weighted by Crippen LogP contribution is 2.28. The number of nitrogens with zero attached hydrogens (tertiary/aromatic N) is 3. The molecule has 0 saturated heterocycles. The van der Waals surface area contributed by atoms with E-state index in [2.05, 4.69) is 32.4 Å². The highest BCUT2D eigenvalue weighted by molar-refractivity contribution is 9.10. The van der Waals surface area contributed by atoms with Gasteiger partial charge >= 0.3 is 0 Å². The first-order valence-corrected chi connectivity index (χ1v) is 10.2. The molecule has 148 valence electrons. The minimum absolute atomic E-state index is 0.611. The third-order valence-electron chi connectivity index (χ3n) is 4.04. The molecule has 0 atom stereocenters. The van der Waals surface area contributed by atoms with Gasteiger partial charge in [0.15, 0.2) is 16.6 Å². The standard InChI is InChI=1S/C19H27BrN4O2S/c1-5-25-17-8-7-14(11-18(17)26-6-2)9-10-21-19(27)23(3)13-16-15(20)12-22-24(16)4/h7-8,11-12H,5-6,9-10,13H2,1-4H3,(H,21,27). The van der Waals surface area contributed by atoms with E-state index >= 15 is 0 Å². The number of hydrogen-bond donors (Lipinski definition) is 1. The van der Waals surface area contributed by atoms with Gasteiger partial charge in [-0.25, -0.2) is 0 Å². The first-order valence-electron chi connectivity index (χ1n) is 9.00. The van der Waals surface area contributed by atoms with Gasteiger partial charge in [0.05, 0.1) is 36.1 Å². The van der Waals surface area contributed by atoms with Crippen LogP contribution in [0.3, 0.4) is 0 Å². The van der Waals surface area contributed by atoms with Crippen molar-refractivity contribution in [3.63, 3.8) is 0 Å². The Balaban J connectivity index is 1.87. The van der Waals surface area contributed by atoms with Crippen LogP contribution in [0, 0.1) is 0 Å². The molecular weight excluding hydrogens is 428 g/mol. The number of aryl methyl sites for hydroxylation is 1. The Morgan fingerprint density at radius 1 is 1.26 bits per heavy atom. The predicted molar refractivity (Wildman–Crippen MR) is 115 cm³/mol. The van der Waals surface area contributed by atoms with Gasteiger partial charge < -0.3 is 19.7 Å². The SMILES string of the molecule is CCOc1ccc(CCNC(=S)N(C)Cc2c(Br)cnn2C)cc1OCC. The van der Waals surface area contributed by atoms with Gasteiger partial charge in [0.1, 0.15) is 0 Å². The van der Waals surface area contributed by atoms with Crippen LogP contribution in [-0.2, 0) is 20.0 Å². The van der Waals surface area contributed by atoms with Gasteiger partial charge in [-0.05, 0) is 66.1 Å². The van der Waals surface area contributed by atoms with E-state index in [4.69, 9.17) is 21.7 Å². The Morgan fingerprint density at radius 2 is 1.96 bits per heavy atom. The van der Waals surface area contributed by atoms with Crippen molar-refractivity contribution in [1.82, 2.24) is 20.0 Å². The summed E-state index contributed by atoms with van der Waals surface area (Å²) in [7, 11) is 3.89. The van der Waals surface area contributed by atoms with E-state index in [1.165, 1.54) is 5.56 Å². The van der Waals surface area contributed by atoms with Crippen molar-refractivity contribution in [3.05, 3.63) is 40.1 Å². The number of nitrogens with one attached hydrogen (secondary N) is 1. The van der Waals surface area contributed by atoms with Crippen LogP contribution in [0.15, 0.2) is 28.9 Å². The second-order valence-electron chi connectivity index (χ2n) is 6.05. The van der Waals surface area contributed by atoms with Crippen LogP contribution >= 0.6 is 28.1 Å². The van der Waals surface area contributed by atoms with Gasteiger partial charge in [-0.3, -0.25) is 4.68 Å². The maximum Gasteiger partial charge on any atom is 0.169 e. The van der Waals surface area contributed by atoms with Crippen LogP contribution in [0.4, 0.5) is 0 Å². The molecule has 6 nitrogen and oxygen atoms in total. The quantitative estimate of drug-likeness (QED) is 0.584. The van der Waals surface area contributed by atoms with Crippen LogP contribution in [-0.4, -0.2) is 46.6 Å². The summed E-state index contributed by atoms with van der Waals surface area (Å²) >= 11 is 9.02. The lowest BCUT2D eigenvalue weighted by molar-refractivity contribution is 0.287. The summed E-state index contributed by atoms with van der Waals surface area (Å²) in [6.45, 7) is 6.60. The molecule has 2 rings (SSSR count). The number of ether oxygens (including phenoxy) is 2. The lowest BCUT2D eigenvalue weighted by atomic mass is 10.1. The van der Waals surface area contributed by atoms with E-state index < -0.39 is 0 Å². The summed E-state index contributed by atoms with van der Waals surface area (Å²) < 4.78 is 14.1. The van der Waals surface area contributed by atoms with Crippen molar-refractivity contribution in [2.24, 2.45) is 7.05 Å². The molecule has 0 fully saturated rings. The van der Waals surface area contributed by atoms with E-state index in [1.54, 1.807) is 6.20 Å². The first-order chi connectivity index (χ1) is 13.0. The fourth-order valence-electron chi connectivity index (χ4n) is 2.61. The smallest absolute Gasteiger partial charge is 0.169 e. The molecule has 0 radical (unpaired) electrons.